The van der Waals surface area contributed by atoms with Gasteiger partial charge in [-0.25, -0.2) is 0 Å². The summed E-state index contributed by atoms with van der Waals surface area (Å²) in [6.07, 6.45) is 3.67. The SMILES string of the molecule is Cc1cccc(C(N)c2cnn(C)c2)c1Cl. The van der Waals surface area contributed by atoms with E-state index < -0.39 is 0 Å². The van der Waals surface area contributed by atoms with Crippen molar-refractivity contribution in [2.45, 2.75) is 13.0 Å². The quantitative estimate of drug-likeness (QED) is 0.869. The summed E-state index contributed by atoms with van der Waals surface area (Å²) < 4.78 is 1.74. The average Bonchev–Trinajstić information content (AvgIpc) is 2.68. The topological polar surface area (TPSA) is 43.8 Å². The molecule has 1 heterocycles. The molecule has 1 aromatic heterocycles. The molecule has 2 rings (SSSR count). The Morgan fingerprint density at radius 2 is 2.19 bits per heavy atom. The molecule has 16 heavy (non-hydrogen) atoms. The van der Waals surface area contributed by atoms with E-state index in [0.717, 1.165) is 21.7 Å². The van der Waals surface area contributed by atoms with E-state index in [1.807, 2.05) is 38.4 Å². The lowest BCUT2D eigenvalue weighted by Crippen LogP contribution is -2.12. The Hall–Kier alpha value is -1.32. The van der Waals surface area contributed by atoms with Crippen LogP contribution in [-0.4, -0.2) is 9.78 Å². The zero-order valence-electron chi connectivity index (χ0n) is 9.31. The summed E-state index contributed by atoms with van der Waals surface area (Å²) in [6.45, 7) is 1.97. The maximum atomic E-state index is 6.24. The molecule has 2 aromatic rings. The van der Waals surface area contributed by atoms with Crippen molar-refractivity contribution in [3.8, 4) is 0 Å². The molecular formula is C12H14ClN3. The molecule has 0 aliphatic carbocycles. The van der Waals surface area contributed by atoms with Crippen LogP contribution in [-0.2, 0) is 7.05 Å². The van der Waals surface area contributed by atoms with Gasteiger partial charge in [0.2, 0.25) is 0 Å². The van der Waals surface area contributed by atoms with Gasteiger partial charge in [0.25, 0.3) is 0 Å². The summed E-state index contributed by atoms with van der Waals surface area (Å²) >= 11 is 6.24. The average molecular weight is 236 g/mol. The lowest BCUT2D eigenvalue weighted by atomic mass is 10.0. The Kier molecular flexibility index (Phi) is 2.99. The third-order valence-electron chi connectivity index (χ3n) is 2.64. The first-order valence-electron chi connectivity index (χ1n) is 5.08. The molecule has 0 saturated heterocycles. The maximum absolute atomic E-state index is 6.24. The zero-order chi connectivity index (χ0) is 11.7. The predicted octanol–water partition coefficient (Wildman–Crippen LogP) is 2.43. The number of nitrogens with zero attached hydrogens (tertiary/aromatic N) is 2. The Morgan fingerprint density at radius 1 is 1.44 bits per heavy atom. The lowest BCUT2D eigenvalue weighted by molar-refractivity contribution is 0.765. The Balaban J connectivity index is 2.41. The van der Waals surface area contributed by atoms with Gasteiger partial charge in [-0.15, -0.1) is 0 Å². The normalized spacial score (nSPS) is 12.8. The standard InChI is InChI=1S/C12H14ClN3/c1-8-4-3-5-10(11(8)13)12(14)9-6-15-16(2)7-9/h3-7,12H,14H2,1-2H3. The molecule has 4 heteroatoms. The van der Waals surface area contributed by atoms with Crippen LogP contribution in [0.3, 0.4) is 0 Å². The van der Waals surface area contributed by atoms with Crippen LogP contribution in [0.15, 0.2) is 30.6 Å². The van der Waals surface area contributed by atoms with Gasteiger partial charge in [0.05, 0.1) is 12.2 Å². The largest absolute Gasteiger partial charge is 0.320 e. The van der Waals surface area contributed by atoms with Gasteiger partial charge in [-0.05, 0) is 18.1 Å². The maximum Gasteiger partial charge on any atom is 0.0597 e. The highest BCUT2D eigenvalue weighted by Gasteiger charge is 2.14. The van der Waals surface area contributed by atoms with Gasteiger partial charge in [0.15, 0.2) is 0 Å². The van der Waals surface area contributed by atoms with Crippen LogP contribution in [0, 0.1) is 6.92 Å². The van der Waals surface area contributed by atoms with Gasteiger partial charge < -0.3 is 5.73 Å². The second-order valence-corrected chi connectivity index (χ2v) is 4.28. The highest BCUT2D eigenvalue weighted by Crippen LogP contribution is 2.28. The molecule has 0 radical (unpaired) electrons. The number of halogens is 1. The molecule has 2 N–H and O–H groups in total. The van der Waals surface area contributed by atoms with Crippen LogP contribution in [0.5, 0.6) is 0 Å². The fourth-order valence-electron chi connectivity index (χ4n) is 1.69. The van der Waals surface area contributed by atoms with Crippen molar-refractivity contribution in [1.82, 2.24) is 9.78 Å². The van der Waals surface area contributed by atoms with Crippen molar-refractivity contribution >= 4 is 11.6 Å². The van der Waals surface area contributed by atoms with E-state index >= 15 is 0 Å². The highest BCUT2D eigenvalue weighted by molar-refractivity contribution is 6.32. The number of nitrogens with two attached hydrogens (primary N) is 1. The number of benzene rings is 1. The first-order valence-corrected chi connectivity index (χ1v) is 5.46. The smallest absolute Gasteiger partial charge is 0.0597 e. The van der Waals surface area contributed by atoms with Crippen LogP contribution in [0.2, 0.25) is 5.02 Å². The summed E-state index contributed by atoms with van der Waals surface area (Å²) in [5.41, 5.74) is 9.11. The minimum Gasteiger partial charge on any atom is -0.320 e. The Bertz CT molecular complexity index is 505. The van der Waals surface area contributed by atoms with E-state index in [9.17, 15) is 0 Å². The van der Waals surface area contributed by atoms with Gasteiger partial charge in [0.1, 0.15) is 0 Å². The molecule has 0 amide bonds. The van der Waals surface area contributed by atoms with Gasteiger partial charge in [-0.1, -0.05) is 29.8 Å². The van der Waals surface area contributed by atoms with Gasteiger partial charge in [-0.2, -0.15) is 5.10 Å². The second-order valence-electron chi connectivity index (χ2n) is 3.90. The summed E-state index contributed by atoms with van der Waals surface area (Å²) in [5, 5.41) is 4.84. The number of rotatable bonds is 2. The predicted molar refractivity (Wildman–Crippen MR) is 65.4 cm³/mol. The molecule has 0 bridgehead atoms. The van der Waals surface area contributed by atoms with Crippen molar-refractivity contribution in [1.29, 1.82) is 0 Å². The molecule has 3 nitrogen and oxygen atoms in total. The van der Waals surface area contributed by atoms with E-state index in [4.69, 9.17) is 17.3 Å². The molecule has 0 aliphatic rings. The minimum absolute atomic E-state index is 0.221. The van der Waals surface area contributed by atoms with Crippen LogP contribution in [0.25, 0.3) is 0 Å². The number of hydrogen-bond acceptors (Lipinski definition) is 2. The summed E-state index contributed by atoms with van der Waals surface area (Å²) in [5.74, 6) is 0. The summed E-state index contributed by atoms with van der Waals surface area (Å²) in [7, 11) is 1.87. The van der Waals surface area contributed by atoms with E-state index in [-0.39, 0.29) is 6.04 Å². The van der Waals surface area contributed by atoms with Crippen molar-refractivity contribution < 1.29 is 0 Å². The molecule has 0 saturated carbocycles. The zero-order valence-corrected chi connectivity index (χ0v) is 10.1. The van der Waals surface area contributed by atoms with Gasteiger partial charge in [0, 0.05) is 23.8 Å². The van der Waals surface area contributed by atoms with Crippen molar-refractivity contribution in [2.75, 3.05) is 0 Å². The molecule has 0 spiro atoms. The third kappa shape index (κ3) is 1.96. The van der Waals surface area contributed by atoms with E-state index in [1.165, 1.54) is 0 Å². The second kappa shape index (κ2) is 4.28. The van der Waals surface area contributed by atoms with Gasteiger partial charge >= 0.3 is 0 Å². The molecule has 0 aliphatic heterocycles. The Morgan fingerprint density at radius 3 is 2.81 bits per heavy atom. The first kappa shape index (κ1) is 11.2. The first-order chi connectivity index (χ1) is 7.59. The summed E-state index contributed by atoms with van der Waals surface area (Å²) in [6, 6.07) is 5.67. The molecule has 84 valence electrons. The number of aryl methyl sites for hydroxylation is 2. The molecule has 1 aromatic carbocycles. The monoisotopic (exact) mass is 235 g/mol. The van der Waals surface area contributed by atoms with E-state index in [1.54, 1.807) is 10.9 Å². The van der Waals surface area contributed by atoms with E-state index in [0.29, 0.717) is 0 Å². The van der Waals surface area contributed by atoms with Crippen LogP contribution < -0.4 is 5.73 Å². The fraction of sp³-hybridized carbons (Fsp3) is 0.250. The molecule has 0 fully saturated rings. The molecule has 1 atom stereocenters. The lowest BCUT2D eigenvalue weighted by Gasteiger charge is -2.13. The molecule has 1 unspecified atom stereocenters. The number of hydrogen-bond donors (Lipinski definition) is 1. The number of aromatic nitrogens is 2. The van der Waals surface area contributed by atoms with Gasteiger partial charge in [-0.3, -0.25) is 4.68 Å². The molecular weight excluding hydrogens is 222 g/mol. The van der Waals surface area contributed by atoms with Crippen LogP contribution >= 0.6 is 11.6 Å². The highest BCUT2D eigenvalue weighted by atomic mass is 35.5. The van der Waals surface area contributed by atoms with Crippen molar-refractivity contribution in [2.24, 2.45) is 12.8 Å². The van der Waals surface area contributed by atoms with Crippen LogP contribution in [0.4, 0.5) is 0 Å². The summed E-state index contributed by atoms with van der Waals surface area (Å²) in [4.78, 5) is 0. The van der Waals surface area contributed by atoms with Crippen molar-refractivity contribution in [3.05, 3.63) is 52.3 Å². The minimum atomic E-state index is -0.221. The Labute approximate surface area is 99.8 Å². The van der Waals surface area contributed by atoms with Crippen LogP contribution in [0.1, 0.15) is 22.7 Å². The third-order valence-corrected chi connectivity index (χ3v) is 3.16. The fourth-order valence-corrected chi connectivity index (χ4v) is 1.93. The van der Waals surface area contributed by atoms with Crippen molar-refractivity contribution in [3.63, 3.8) is 0 Å². The van der Waals surface area contributed by atoms with E-state index in [2.05, 4.69) is 5.10 Å².